The van der Waals surface area contributed by atoms with Crippen LogP contribution in [0.4, 0.5) is 0 Å². The van der Waals surface area contributed by atoms with Gasteiger partial charge in [0.25, 0.3) is 0 Å². The van der Waals surface area contributed by atoms with E-state index in [2.05, 4.69) is 0 Å². The molecule has 0 aromatic carbocycles. The van der Waals surface area contributed by atoms with E-state index in [1.165, 1.54) is 0 Å². The van der Waals surface area contributed by atoms with Gasteiger partial charge in [-0.05, 0) is 0 Å². The number of rotatable bonds is 0. The van der Waals surface area contributed by atoms with Gasteiger partial charge in [-0.25, -0.2) is 0 Å². The predicted octanol–water partition coefficient (Wildman–Crippen LogP) is -3.24. The molecule has 0 aliphatic rings. The molecule has 6 heteroatoms. The zero-order valence-corrected chi connectivity index (χ0v) is 5.15. The van der Waals surface area contributed by atoms with Crippen LogP contribution in [0, 0.1) is 53.5 Å². The second kappa shape index (κ2) is 9.23. The summed E-state index contributed by atoms with van der Waals surface area (Å²) >= 11 is 0. The first kappa shape index (κ1) is 15.9. The second-order valence-electron chi connectivity index (χ2n) is 0.224. The van der Waals surface area contributed by atoms with Gasteiger partial charge in [-0.2, -0.15) is 0 Å². The third-order valence-electron chi connectivity index (χ3n) is 0. The van der Waals surface area contributed by atoms with E-state index >= 15 is 0 Å². The Kier molecular flexibility index (Phi) is 24.4. The van der Waals surface area contributed by atoms with Crippen LogP contribution in [0.25, 0.3) is 0 Å². The normalized spacial score (nSPS) is 4.00. The smallest absolute Gasteiger partial charge is 1.00 e. The molecule has 0 N–H and O–H groups in total. The van der Waals surface area contributed by atoms with Crippen molar-refractivity contribution in [3.05, 3.63) is 15.3 Å². The quantitative estimate of drug-likeness (QED) is 0.339. The van der Waals surface area contributed by atoms with Crippen LogP contribution >= 0.6 is 0 Å². The Morgan fingerprint density at radius 3 is 1.33 bits per heavy atom. The molecule has 0 atom stereocenters. The van der Waals surface area contributed by atoms with Crippen molar-refractivity contribution in [2.45, 2.75) is 0 Å². The molecule has 0 saturated heterocycles. The van der Waals surface area contributed by atoms with E-state index in [1.54, 1.807) is 0 Å². The molecule has 0 unspecified atom stereocenters. The van der Waals surface area contributed by atoms with Gasteiger partial charge in [-0.3, -0.25) is 0 Å². The summed E-state index contributed by atoms with van der Waals surface area (Å²) in [5, 5.41) is 14.8. The molecule has 6 heavy (non-hydrogen) atoms. The van der Waals surface area contributed by atoms with E-state index in [0.717, 1.165) is 0 Å². The zero-order chi connectivity index (χ0) is 3.58. The Hall–Kier alpha value is 0.763. The molecule has 0 aromatic heterocycles. The second-order valence-corrected chi connectivity index (χ2v) is 0.224. The number of hydrogen-bond acceptors (Lipinski definition) is 3. The Morgan fingerprint density at radius 2 is 1.33 bits per heavy atom. The minimum Gasteiger partial charge on any atom is -1.00 e. The summed E-state index contributed by atoms with van der Waals surface area (Å²) in [5.41, 5.74) is 0. The van der Waals surface area contributed by atoms with Gasteiger partial charge in [0.1, 0.15) is 0 Å². The van der Waals surface area contributed by atoms with Gasteiger partial charge in [0.15, 0.2) is 0 Å². The molecule has 0 aliphatic heterocycles. The van der Waals surface area contributed by atoms with E-state index in [4.69, 9.17) is 15.3 Å². The third kappa shape index (κ3) is 116. The first-order chi connectivity index (χ1) is 1.73. The van der Waals surface area contributed by atoms with Crippen molar-refractivity contribution in [1.82, 2.24) is 0 Å². The third-order valence-corrected chi connectivity index (χ3v) is 0. The van der Waals surface area contributed by atoms with Crippen LogP contribution < -0.4 is 12.4 Å². The van der Waals surface area contributed by atoms with Gasteiger partial charge in [0, 0.05) is 0 Å². The van der Waals surface area contributed by atoms with E-state index in [9.17, 15) is 0 Å². The first-order valence-electron chi connectivity index (χ1n) is 0.548. The monoisotopic (exact) mass is 261 g/mol. The maximum atomic E-state index is 8.25. The fraction of sp³-hybridized carbons (Fsp3) is 0. The van der Waals surface area contributed by atoms with Gasteiger partial charge in [0.2, 0.25) is 0 Å². The van der Waals surface area contributed by atoms with Gasteiger partial charge >= 0.3 is 38.2 Å². The molecule has 0 aromatic rings. The van der Waals surface area contributed by atoms with E-state index in [0.29, 0.717) is 0 Å². The van der Waals surface area contributed by atoms with Crippen LogP contribution in [0.3, 0.4) is 0 Å². The molecule has 0 rings (SSSR count). The predicted molar refractivity (Wildman–Crippen MR) is 10.4 cm³/mol. The summed E-state index contributed by atoms with van der Waals surface area (Å²) < 4.78 is 0. The maximum absolute atomic E-state index is 8.25. The molecular weight excluding hydrogens is 260 g/mol. The Bertz CT molecular complexity index is 33.8. The molecule has 4 nitrogen and oxygen atoms in total. The molecule has 0 radical (unpaired) electrons. The summed E-state index contributed by atoms with van der Waals surface area (Å²) in [5.74, 6) is 0. The minimum atomic E-state index is -1.75. The molecule has 40 valence electrons. The van der Waals surface area contributed by atoms with Crippen molar-refractivity contribution in [3.8, 4) is 0 Å². The van der Waals surface area contributed by atoms with Crippen molar-refractivity contribution in [3.63, 3.8) is 0 Å². The van der Waals surface area contributed by atoms with Crippen molar-refractivity contribution in [2.24, 2.45) is 0 Å². The van der Waals surface area contributed by atoms with Crippen molar-refractivity contribution >= 4 is 0 Å². The maximum Gasteiger partial charge on any atom is 2.00 e. The molecule has 0 amide bonds. The van der Waals surface area contributed by atoms with Crippen LogP contribution in [-0.4, -0.2) is 5.09 Å². The molecule has 0 bridgehead atoms. The first-order valence-corrected chi connectivity index (χ1v) is 0.548. The molecular formula is ClDyNO3. The number of hydrogen-bond donors (Lipinski definition) is 0. The van der Waals surface area contributed by atoms with Crippen LogP contribution in [0.2, 0.25) is 0 Å². The topological polar surface area (TPSA) is 66.2 Å². The van der Waals surface area contributed by atoms with Gasteiger partial charge in [-0.15, -0.1) is 0 Å². The fourth-order valence-corrected chi connectivity index (χ4v) is 0. The Morgan fingerprint density at radius 1 is 1.33 bits per heavy atom. The Labute approximate surface area is 70.5 Å². The average molecular weight is 260 g/mol. The van der Waals surface area contributed by atoms with Crippen LogP contribution in [0.5, 0.6) is 0 Å². The Balaban J connectivity index is -0.0000000450. The zero-order valence-electron chi connectivity index (χ0n) is 2.37. The summed E-state index contributed by atoms with van der Waals surface area (Å²) in [6.45, 7) is 0. The number of nitrogens with zero attached hydrogens (tertiary/aromatic N) is 1. The van der Waals surface area contributed by atoms with Crippen LogP contribution in [0.1, 0.15) is 0 Å². The average Bonchev–Trinajstić information content (AvgIpc) is 0.811. The van der Waals surface area contributed by atoms with E-state index < -0.39 is 5.09 Å². The standard InChI is InChI=1S/ClH.Dy.NO3/c;;2-1(3)4/h1H;;/q;+2;-1/p-1. The molecule has 0 aliphatic carbocycles. The summed E-state index contributed by atoms with van der Waals surface area (Å²) in [4.78, 5) is 8.25. The fourth-order valence-electron chi connectivity index (χ4n) is 0. The van der Waals surface area contributed by atoms with Crippen molar-refractivity contribution in [2.75, 3.05) is 0 Å². The van der Waals surface area contributed by atoms with Crippen LogP contribution in [0.15, 0.2) is 0 Å². The van der Waals surface area contributed by atoms with Crippen molar-refractivity contribution < 1.29 is 55.7 Å². The molecule has 0 saturated carbocycles. The summed E-state index contributed by atoms with van der Waals surface area (Å²) in [7, 11) is 0. The van der Waals surface area contributed by atoms with Crippen LogP contribution in [-0.2, 0) is 0 Å². The van der Waals surface area contributed by atoms with Crippen molar-refractivity contribution in [1.29, 1.82) is 0 Å². The minimum absolute atomic E-state index is 0. The van der Waals surface area contributed by atoms with Gasteiger partial charge in [0.05, 0.1) is 5.09 Å². The molecule has 0 fully saturated rings. The van der Waals surface area contributed by atoms with Gasteiger partial charge in [-0.1, -0.05) is 0 Å². The SMILES string of the molecule is O=[N+]([O-])[O-].[Cl-].[Dy+2]. The summed E-state index contributed by atoms with van der Waals surface area (Å²) in [6, 6.07) is 0. The van der Waals surface area contributed by atoms with E-state index in [-0.39, 0.29) is 50.6 Å². The van der Waals surface area contributed by atoms with E-state index in [1.807, 2.05) is 0 Å². The summed E-state index contributed by atoms with van der Waals surface area (Å²) in [6.07, 6.45) is 0. The van der Waals surface area contributed by atoms with Gasteiger partial charge < -0.3 is 27.7 Å². The largest absolute Gasteiger partial charge is 2.00 e. The number of halogens is 1. The molecule has 0 heterocycles. The molecule has 0 spiro atoms.